The zero-order valence-electron chi connectivity index (χ0n) is 9.63. The summed E-state index contributed by atoms with van der Waals surface area (Å²) < 4.78 is 0. The van der Waals surface area contributed by atoms with E-state index in [1.165, 1.54) is 19.0 Å². The van der Waals surface area contributed by atoms with Crippen molar-refractivity contribution >= 4 is 23.1 Å². The maximum atomic E-state index is 5.77. The van der Waals surface area contributed by atoms with Crippen LogP contribution in [0.3, 0.4) is 0 Å². The van der Waals surface area contributed by atoms with E-state index in [0.717, 1.165) is 6.54 Å². The van der Waals surface area contributed by atoms with Gasteiger partial charge in [-0.25, -0.2) is 4.98 Å². The summed E-state index contributed by atoms with van der Waals surface area (Å²) in [4.78, 5) is 7.90. The molecule has 3 N–H and O–H groups in total. The Balaban J connectivity index is 2.02. The third kappa shape index (κ3) is 2.21. The Bertz CT molecular complexity index is 388. The predicted molar refractivity (Wildman–Crippen MR) is 66.4 cm³/mol. The summed E-state index contributed by atoms with van der Waals surface area (Å²) in [6.07, 6.45) is 4.08. The Morgan fingerprint density at radius 1 is 1.56 bits per heavy atom. The molecule has 1 aromatic rings. The molecule has 1 aromatic heterocycles. The molecule has 1 heterocycles. The highest BCUT2D eigenvalue weighted by atomic mass is 35.5. The van der Waals surface area contributed by atoms with Crippen molar-refractivity contribution in [3.63, 3.8) is 0 Å². The van der Waals surface area contributed by atoms with Crippen LogP contribution in [0.1, 0.15) is 26.7 Å². The molecule has 88 valence electrons. The molecule has 2 rings (SSSR count). The molecular weight excluding hydrogens is 224 g/mol. The van der Waals surface area contributed by atoms with Crippen LogP contribution in [-0.4, -0.2) is 16.5 Å². The molecule has 1 saturated carbocycles. The van der Waals surface area contributed by atoms with Crippen molar-refractivity contribution in [1.29, 1.82) is 0 Å². The number of halogens is 1. The highest BCUT2D eigenvalue weighted by Gasteiger charge is 2.45. The van der Waals surface area contributed by atoms with Gasteiger partial charge in [0, 0.05) is 6.54 Å². The number of nitrogen functional groups attached to an aromatic ring is 1. The summed E-state index contributed by atoms with van der Waals surface area (Å²) in [7, 11) is 0. The van der Waals surface area contributed by atoms with E-state index in [1.54, 1.807) is 0 Å². The largest absolute Gasteiger partial charge is 0.394 e. The average Bonchev–Trinajstić information content (AvgIpc) is 3.00. The number of nitrogens with one attached hydrogen (secondary N) is 1. The van der Waals surface area contributed by atoms with Crippen LogP contribution in [0.25, 0.3) is 0 Å². The van der Waals surface area contributed by atoms with E-state index < -0.39 is 0 Å². The molecule has 0 unspecified atom stereocenters. The van der Waals surface area contributed by atoms with E-state index in [9.17, 15) is 0 Å². The van der Waals surface area contributed by atoms with Crippen LogP contribution in [-0.2, 0) is 0 Å². The predicted octanol–water partition coefficient (Wildman–Crippen LogP) is 2.56. The van der Waals surface area contributed by atoms with Crippen molar-refractivity contribution in [2.45, 2.75) is 26.7 Å². The number of hydrogen-bond donors (Lipinski definition) is 2. The Morgan fingerprint density at radius 3 is 2.81 bits per heavy atom. The Labute approximate surface area is 101 Å². The van der Waals surface area contributed by atoms with Crippen LogP contribution in [0.15, 0.2) is 6.20 Å². The fourth-order valence-electron chi connectivity index (χ4n) is 1.89. The minimum absolute atomic E-state index is 0.228. The normalized spacial score (nSPS) is 17.5. The Morgan fingerprint density at radius 2 is 2.25 bits per heavy atom. The topological polar surface area (TPSA) is 63.8 Å². The van der Waals surface area contributed by atoms with Gasteiger partial charge >= 0.3 is 0 Å². The van der Waals surface area contributed by atoms with Gasteiger partial charge in [0.1, 0.15) is 0 Å². The molecule has 1 fully saturated rings. The summed E-state index contributed by atoms with van der Waals surface area (Å²) in [6, 6.07) is 0. The van der Waals surface area contributed by atoms with Crippen LogP contribution >= 0.6 is 11.6 Å². The molecule has 0 bridgehead atoms. The Hall–Kier alpha value is -1.03. The fourth-order valence-corrected chi connectivity index (χ4v) is 2.02. The smallest absolute Gasteiger partial charge is 0.224 e. The van der Waals surface area contributed by atoms with Crippen molar-refractivity contribution in [1.82, 2.24) is 9.97 Å². The lowest BCUT2D eigenvalue weighted by Crippen LogP contribution is -2.21. The zero-order valence-corrected chi connectivity index (χ0v) is 10.4. The van der Waals surface area contributed by atoms with Gasteiger partial charge in [-0.1, -0.05) is 13.8 Å². The molecule has 1 aliphatic carbocycles. The summed E-state index contributed by atoms with van der Waals surface area (Å²) in [5.74, 6) is 1.32. The second-order valence-corrected chi connectivity index (χ2v) is 5.15. The van der Waals surface area contributed by atoms with Crippen molar-refractivity contribution in [3.05, 3.63) is 11.5 Å². The first-order valence-corrected chi connectivity index (χ1v) is 5.93. The molecule has 0 spiro atoms. The van der Waals surface area contributed by atoms with Gasteiger partial charge in [0.05, 0.1) is 11.9 Å². The molecule has 1 aliphatic rings. The minimum atomic E-state index is 0.228. The molecule has 0 radical (unpaired) electrons. The van der Waals surface area contributed by atoms with E-state index in [-0.39, 0.29) is 5.28 Å². The molecule has 0 atom stereocenters. The monoisotopic (exact) mass is 240 g/mol. The SMILES string of the molecule is CC(C)C1(CNc2nc(Cl)ncc2N)CC1. The van der Waals surface area contributed by atoms with Gasteiger partial charge in [0.15, 0.2) is 5.82 Å². The van der Waals surface area contributed by atoms with Gasteiger partial charge in [0.25, 0.3) is 0 Å². The molecule has 0 saturated heterocycles. The number of nitrogens with two attached hydrogens (primary N) is 1. The van der Waals surface area contributed by atoms with Gasteiger partial charge in [-0.3, -0.25) is 0 Å². The summed E-state index contributed by atoms with van der Waals surface area (Å²) in [5.41, 5.74) is 6.73. The lowest BCUT2D eigenvalue weighted by molar-refractivity contribution is 0.380. The van der Waals surface area contributed by atoms with Crippen molar-refractivity contribution in [2.75, 3.05) is 17.6 Å². The summed E-state index contributed by atoms with van der Waals surface area (Å²) in [6.45, 7) is 5.41. The fraction of sp³-hybridized carbons (Fsp3) is 0.636. The molecule has 0 aliphatic heterocycles. The Kier molecular flexibility index (Phi) is 2.93. The standard InChI is InChI=1S/C11H17ClN4/c1-7(2)11(3-4-11)6-15-9-8(13)5-14-10(12)16-9/h5,7H,3-4,6,13H2,1-2H3,(H,14,15,16). The number of rotatable bonds is 4. The van der Waals surface area contributed by atoms with E-state index in [4.69, 9.17) is 17.3 Å². The third-order valence-corrected chi connectivity index (χ3v) is 3.69. The first kappa shape index (κ1) is 11.5. The highest BCUT2D eigenvalue weighted by molar-refractivity contribution is 6.28. The number of anilines is 2. The second kappa shape index (κ2) is 4.09. The van der Waals surface area contributed by atoms with Crippen LogP contribution in [0.5, 0.6) is 0 Å². The van der Waals surface area contributed by atoms with Crippen LogP contribution < -0.4 is 11.1 Å². The summed E-state index contributed by atoms with van der Waals surface area (Å²) >= 11 is 5.73. The van der Waals surface area contributed by atoms with Gasteiger partial charge in [-0.05, 0) is 35.8 Å². The number of aromatic nitrogens is 2. The van der Waals surface area contributed by atoms with Crippen LogP contribution in [0.2, 0.25) is 5.28 Å². The van der Waals surface area contributed by atoms with Crippen molar-refractivity contribution < 1.29 is 0 Å². The van der Waals surface area contributed by atoms with Gasteiger partial charge in [-0.2, -0.15) is 4.98 Å². The summed E-state index contributed by atoms with van der Waals surface area (Å²) in [5, 5.41) is 3.51. The van der Waals surface area contributed by atoms with E-state index in [2.05, 4.69) is 29.1 Å². The maximum Gasteiger partial charge on any atom is 0.224 e. The average molecular weight is 241 g/mol. The molecule has 16 heavy (non-hydrogen) atoms. The van der Waals surface area contributed by atoms with Gasteiger partial charge in [0.2, 0.25) is 5.28 Å². The quantitative estimate of drug-likeness (QED) is 0.794. The third-order valence-electron chi connectivity index (χ3n) is 3.51. The van der Waals surface area contributed by atoms with E-state index in [0.29, 0.717) is 22.8 Å². The molecule has 0 amide bonds. The second-order valence-electron chi connectivity index (χ2n) is 4.81. The van der Waals surface area contributed by atoms with E-state index in [1.807, 2.05) is 0 Å². The van der Waals surface area contributed by atoms with Crippen molar-refractivity contribution in [3.8, 4) is 0 Å². The minimum Gasteiger partial charge on any atom is -0.394 e. The van der Waals surface area contributed by atoms with Gasteiger partial charge < -0.3 is 11.1 Å². The molecule has 4 nitrogen and oxygen atoms in total. The maximum absolute atomic E-state index is 5.77. The van der Waals surface area contributed by atoms with E-state index >= 15 is 0 Å². The lowest BCUT2D eigenvalue weighted by atomic mass is 9.92. The highest BCUT2D eigenvalue weighted by Crippen LogP contribution is 2.51. The van der Waals surface area contributed by atoms with Crippen LogP contribution in [0, 0.1) is 11.3 Å². The number of hydrogen-bond acceptors (Lipinski definition) is 4. The molecule has 0 aromatic carbocycles. The van der Waals surface area contributed by atoms with Gasteiger partial charge in [-0.15, -0.1) is 0 Å². The van der Waals surface area contributed by atoms with Crippen LogP contribution in [0.4, 0.5) is 11.5 Å². The molecule has 5 heteroatoms. The first-order valence-electron chi connectivity index (χ1n) is 5.55. The lowest BCUT2D eigenvalue weighted by Gasteiger charge is -2.20. The van der Waals surface area contributed by atoms with Crippen molar-refractivity contribution in [2.24, 2.45) is 11.3 Å². The number of nitrogens with zero attached hydrogens (tertiary/aromatic N) is 2. The zero-order chi connectivity index (χ0) is 11.8. The molecular formula is C11H17ClN4. The first-order chi connectivity index (χ1) is 7.53.